The highest BCUT2D eigenvalue weighted by Crippen LogP contribution is 2.32. The van der Waals surface area contributed by atoms with Crippen LogP contribution in [-0.2, 0) is 16.6 Å². The van der Waals surface area contributed by atoms with Crippen LogP contribution in [-0.4, -0.2) is 38.5 Å². The fourth-order valence-electron chi connectivity index (χ4n) is 3.42. The molecule has 1 fully saturated rings. The number of rotatable bonds is 5. The lowest BCUT2D eigenvalue weighted by molar-refractivity contribution is 0.0950. The number of benzene rings is 2. The highest BCUT2D eigenvalue weighted by Gasteiger charge is 2.28. The number of nitrogens with zero attached hydrogens (tertiary/aromatic N) is 1. The van der Waals surface area contributed by atoms with E-state index in [1.54, 1.807) is 12.1 Å². The summed E-state index contributed by atoms with van der Waals surface area (Å²) in [6.45, 7) is 1.40. The van der Waals surface area contributed by atoms with E-state index in [0.29, 0.717) is 24.6 Å². The normalized spacial score (nSPS) is 16.6. The van der Waals surface area contributed by atoms with Gasteiger partial charge in [0.1, 0.15) is 4.90 Å². The molecule has 1 N–H and O–H groups in total. The van der Waals surface area contributed by atoms with Gasteiger partial charge in [0.05, 0.1) is 5.02 Å². The average Bonchev–Trinajstić information content (AvgIpc) is 3.20. The summed E-state index contributed by atoms with van der Waals surface area (Å²) in [7, 11) is -3.73. The summed E-state index contributed by atoms with van der Waals surface area (Å²) >= 11 is 6.17. The Balaban J connectivity index is 1.50. The van der Waals surface area contributed by atoms with Gasteiger partial charge in [0.25, 0.3) is 5.91 Å². The second kappa shape index (κ2) is 8.22. The minimum atomic E-state index is -3.73. The van der Waals surface area contributed by atoms with Crippen molar-refractivity contribution in [3.63, 3.8) is 0 Å². The Morgan fingerprint density at radius 3 is 2.59 bits per heavy atom. The molecule has 2 aromatic rings. The number of piperidine rings is 1. The predicted molar refractivity (Wildman–Crippen MR) is 108 cm³/mol. The van der Waals surface area contributed by atoms with Gasteiger partial charge in [-0.1, -0.05) is 24.1 Å². The highest BCUT2D eigenvalue weighted by atomic mass is 35.5. The van der Waals surface area contributed by atoms with Crippen LogP contribution in [0.15, 0.2) is 41.3 Å². The number of fused-ring (bicyclic) bond motifs is 1. The van der Waals surface area contributed by atoms with Gasteiger partial charge in [-0.2, -0.15) is 4.31 Å². The van der Waals surface area contributed by atoms with Crippen LogP contribution in [0.4, 0.5) is 0 Å². The Kier molecular flexibility index (Phi) is 5.67. The monoisotopic (exact) mass is 436 g/mol. The molecule has 29 heavy (non-hydrogen) atoms. The molecule has 0 radical (unpaired) electrons. The Morgan fingerprint density at radius 2 is 1.79 bits per heavy atom. The summed E-state index contributed by atoms with van der Waals surface area (Å²) in [5, 5.41) is 2.91. The number of carbonyl (C=O) groups excluding carboxylic acids is 1. The molecule has 2 aromatic carbocycles. The summed E-state index contributed by atoms with van der Waals surface area (Å²) in [6, 6.07) is 9.75. The van der Waals surface area contributed by atoms with Gasteiger partial charge in [0.2, 0.25) is 16.8 Å². The van der Waals surface area contributed by atoms with Gasteiger partial charge in [0, 0.05) is 25.2 Å². The van der Waals surface area contributed by atoms with E-state index in [2.05, 4.69) is 5.32 Å². The number of nitrogens with one attached hydrogen (secondary N) is 1. The molecule has 0 atom stereocenters. The Hall–Kier alpha value is -2.29. The molecule has 0 aromatic heterocycles. The van der Waals surface area contributed by atoms with Crippen LogP contribution in [0, 0.1) is 0 Å². The average molecular weight is 437 g/mol. The van der Waals surface area contributed by atoms with E-state index >= 15 is 0 Å². The van der Waals surface area contributed by atoms with E-state index in [4.69, 9.17) is 21.1 Å². The molecule has 2 heterocycles. The van der Waals surface area contributed by atoms with Crippen LogP contribution >= 0.6 is 11.6 Å². The van der Waals surface area contributed by atoms with Crippen molar-refractivity contribution in [2.75, 3.05) is 19.9 Å². The van der Waals surface area contributed by atoms with Gasteiger partial charge in [-0.25, -0.2) is 8.42 Å². The molecule has 0 unspecified atom stereocenters. The fraction of sp³-hybridized carbons (Fsp3) is 0.350. The lowest BCUT2D eigenvalue weighted by Crippen LogP contribution is -2.36. The van der Waals surface area contributed by atoms with Crippen molar-refractivity contribution in [2.45, 2.75) is 30.7 Å². The van der Waals surface area contributed by atoms with Crippen molar-refractivity contribution in [3.8, 4) is 11.5 Å². The summed E-state index contributed by atoms with van der Waals surface area (Å²) < 4.78 is 38.0. The molecule has 7 nitrogen and oxygen atoms in total. The van der Waals surface area contributed by atoms with Gasteiger partial charge in [0.15, 0.2) is 11.5 Å². The maximum Gasteiger partial charge on any atom is 0.251 e. The second-order valence-corrected chi connectivity index (χ2v) is 9.29. The Labute approximate surface area is 174 Å². The van der Waals surface area contributed by atoms with Crippen molar-refractivity contribution >= 4 is 27.5 Å². The Bertz CT molecular complexity index is 1040. The third-order valence-electron chi connectivity index (χ3n) is 5.02. The SMILES string of the molecule is O=C(NCc1ccc2c(c1)OCO2)c1ccc(Cl)c(S(=O)(=O)N2CCCCC2)c1. The minimum absolute atomic E-state index is 0.0307. The molecule has 4 rings (SSSR count). The molecule has 2 aliphatic rings. The number of carbonyl (C=O) groups is 1. The van der Waals surface area contributed by atoms with Gasteiger partial charge in [-0.15, -0.1) is 0 Å². The van der Waals surface area contributed by atoms with Gasteiger partial charge < -0.3 is 14.8 Å². The number of hydrogen-bond donors (Lipinski definition) is 1. The Morgan fingerprint density at radius 1 is 1.03 bits per heavy atom. The van der Waals surface area contributed by atoms with Crippen LogP contribution in [0.5, 0.6) is 11.5 Å². The third kappa shape index (κ3) is 4.19. The van der Waals surface area contributed by atoms with Crippen molar-refractivity contribution < 1.29 is 22.7 Å². The van der Waals surface area contributed by atoms with E-state index in [-0.39, 0.29) is 34.7 Å². The molecule has 0 spiro atoms. The lowest BCUT2D eigenvalue weighted by atomic mass is 10.1. The van der Waals surface area contributed by atoms with Gasteiger partial charge in [-0.05, 0) is 48.7 Å². The summed E-state index contributed by atoms with van der Waals surface area (Å²) in [5.74, 6) is 0.929. The first-order valence-corrected chi connectivity index (χ1v) is 11.2. The van der Waals surface area contributed by atoms with Crippen LogP contribution in [0.3, 0.4) is 0 Å². The maximum atomic E-state index is 13.0. The van der Waals surface area contributed by atoms with Crippen molar-refractivity contribution in [1.29, 1.82) is 0 Å². The van der Waals surface area contributed by atoms with Crippen LogP contribution in [0.25, 0.3) is 0 Å². The zero-order valence-corrected chi connectivity index (χ0v) is 17.3. The quantitative estimate of drug-likeness (QED) is 0.778. The molecule has 1 saturated heterocycles. The van der Waals surface area contributed by atoms with E-state index in [1.165, 1.54) is 22.5 Å². The lowest BCUT2D eigenvalue weighted by Gasteiger charge is -2.26. The minimum Gasteiger partial charge on any atom is -0.454 e. The zero-order chi connectivity index (χ0) is 20.4. The number of amides is 1. The third-order valence-corrected chi connectivity index (χ3v) is 7.40. The van der Waals surface area contributed by atoms with Crippen LogP contribution in [0.1, 0.15) is 35.2 Å². The fourth-order valence-corrected chi connectivity index (χ4v) is 5.44. The van der Waals surface area contributed by atoms with Crippen molar-refractivity contribution in [2.24, 2.45) is 0 Å². The van der Waals surface area contributed by atoms with E-state index in [1.807, 2.05) is 6.07 Å². The first-order chi connectivity index (χ1) is 13.9. The highest BCUT2D eigenvalue weighted by molar-refractivity contribution is 7.89. The standard InChI is InChI=1S/C20H21ClN2O5S/c21-16-6-5-15(11-19(16)29(25,26)23-8-2-1-3-9-23)20(24)22-12-14-4-7-17-18(10-14)28-13-27-17/h4-7,10-11H,1-3,8-9,12-13H2,(H,22,24). The van der Waals surface area contributed by atoms with Crippen molar-refractivity contribution in [3.05, 3.63) is 52.5 Å². The molecular weight excluding hydrogens is 416 g/mol. The molecule has 0 aliphatic carbocycles. The number of halogens is 1. The summed E-state index contributed by atoms with van der Waals surface area (Å²) in [5.41, 5.74) is 1.09. The molecule has 1 amide bonds. The van der Waals surface area contributed by atoms with E-state index < -0.39 is 10.0 Å². The smallest absolute Gasteiger partial charge is 0.251 e. The summed E-state index contributed by atoms with van der Waals surface area (Å²) in [6.07, 6.45) is 2.67. The van der Waals surface area contributed by atoms with Crippen LogP contribution in [0.2, 0.25) is 5.02 Å². The molecule has 0 saturated carbocycles. The number of sulfonamides is 1. The van der Waals surface area contributed by atoms with Crippen LogP contribution < -0.4 is 14.8 Å². The van der Waals surface area contributed by atoms with Gasteiger partial charge in [-0.3, -0.25) is 4.79 Å². The summed E-state index contributed by atoms with van der Waals surface area (Å²) in [4.78, 5) is 12.6. The zero-order valence-electron chi connectivity index (χ0n) is 15.7. The van der Waals surface area contributed by atoms with Gasteiger partial charge >= 0.3 is 0 Å². The maximum absolute atomic E-state index is 13.0. The van der Waals surface area contributed by atoms with E-state index in [9.17, 15) is 13.2 Å². The first-order valence-electron chi connectivity index (χ1n) is 9.41. The number of hydrogen-bond acceptors (Lipinski definition) is 5. The first kappa shape index (κ1) is 20.0. The second-order valence-electron chi connectivity index (χ2n) is 6.98. The molecule has 9 heteroatoms. The predicted octanol–water partition coefficient (Wildman–Crippen LogP) is 3.17. The molecule has 154 valence electrons. The topological polar surface area (TPSA) is 84.9 Å². The largest absolute Gasteiger partial charge is 0.454 e. The molecule has 2 aliphatic heterocycles. The number of ether oxygens (including phenoxy) is 2. The van der Waals surface area contributed by atoms with E-state index in [0.717, 1.165) is 24.8 Å². The molecular formula is C20H21ClN2O5S. The van der Waals surface area contributed by atoms with Crippen molar-refractivity contribution in [1.82, 2.24) is 9.62 Å². The molecule has 0 bridgehead atoms.